The van der Waals surface area contributed by atoms with Crippen LogP contribution in [0.15, 0.2) is 48.9 Å². The summed E-state index contributed by atoms with van der Waals surface area (Å²) in [7, 11) is 0. The normalized spacial score (nSPS) is 14.8. The molecule has 0 bridgehead atoms. The molecule has 0 aliphatic carbocycles. The molecule has 166 valence electrons. The van der Waals surface area contributed by atoms with Gasteiger partial charge in [-0.25, -0.2) is 13.8 Å². The van der Waals surface area contributed by atoms with Gasteiger partial charge in [0.25, 0.3) is 0 Å². The Morgan fingerprint density at radius 1 is 1.00 bits per heavy atom. The van der Waals surface area contributed by atoms with Crippen LogP contribution in [0.2, 0.25) is 0 Å². The van der Waals surface area contributed by atoms with Crippen LogP contribution in [-0.4, -0.2) is 55.8 Å². The highest BCUT2D eigenvalue weighted by molar-refractivity contribution is 6.39. The molecule has 11 heteroatoms. The minimum atomic E-state index is -0.866. The van der Waals surface area contributed by atoms with Crippen molar-refractivity contribution in [3.8, 4) is 5.82 Å². The van der Waals surface area contributed by atoms with E-state index in [1.165, 1.54) is 29.5 Å². The molecule has 1 aliphatic rings. The number of carbonyl (C=O) groups is 2. The molecule has 2 N–H and O–H groups in total. The van der Waals surface area contributed by atoms with Crippen LogP contribution < -0.4 is 10.6 Å². The monoisotopic (exact) mass is 441 g/mol. The zero-order chi connectivity index (χ0) is 22.5. The minimum Gasteiger partial charge on any atom is -0.345 e. The first kappa shape index (κ1) is 21.5. The third-order valence-corrected chi connectivity index (χ3v) is 5.15. The van der Waals surface area contributed by atoms with Crippen LogP contribution in [0.5, 0.6) is 0 Å². The van der Waals surface area contributed by atoms with Crippen LogP contribution in [-0.2, 0) is 16.1 Å². The molecule has 0 spiro atoms. The Hall–Kier alpha value is -3.73. The van der Waals surface area contributed by atoms with Gasteiger partial charge in [-0.3, -0.25) is 14.5 Å². The van der Waals surface area contributed by atoms with E-state index in [4.69, 9.17) is 0 Å². The van der Waals surface area contributed by atoms with Gasteiger partial charge in [0.2, 0.25) is 0 Å². The Balaban J connectivity index is 1.23. The highest BCUT2D eigenvalue weighted by Crippen LogP contribution is 2.16. The number of rotatable bonds is 5. The first-order chi connectivity index (χ1) is 15.5. The molecule has 9 nitrogen and oxygen atoms in total. The molecule has 3 aromatic rings. The van der Waals surface area contributed by atoms with E-state index in [0.717, 1.165) is 6.07 Å². The molecular weight excluding hydrogens is 420 g/mol. The molecule has 0 unspecified atom stereocenters. The molecule has 1 saturated heterocycles. The van der Waals surface area contributed by atoms with Crippen LogP contribution >= 0.6 is 0 Å². The number of hydrogen-bond acceptors (Lipinski definition) is 6. The van der Waals surface area contributed by atoms with Gasteiger partial charge < -0.3 is 10.6 Å². The van der Waals surface area contributed by atoms with Crippen molar-refractivity contribution in [2.45, 2.75) is 25.4 Å². The van der Waals surface area contributed by atoms with Crippen molar-refractivity contribution in [2.75, 3.05) is 18.4 Å². The number of carbonyl (C=O) groups excluding carboxylic acids is 2. The molecular formula is C21H21F2N7O2. The minimum absolute atomic E-state index is 0.138. The molecule has 0 atom stereocenters. The number of aromatic nitrogens is 4. The Kier molecular flexibility index (Phi) is 6.45. The van der Waals surface area contributed by atoms with Crippen LogP contribution in [0, 0.1) is 11.6 Å². The Bertz CT molecular complexity index is 1080. The molecule has 0 radical (unpaired) electrons. The summed E-state index contributed by atoms with van der Waals surface area (Å²) < 4.78 is 26.4. The van der Waals surface area contributed by atoms with Gasteiger partial charge in [0, 0.05) is 25.7 Å². The van der Waals surface area contributed by atoms with Gasteiger partial charge in [0.05, 0.1) is 24.3 Å². The summed E-state index contributed by atoms with van der Waals surface area (Å²) in [6, 6.07) is 6.96. The molecule has 1 fully saturated rings. The van der Waals surface area contributed by atoms with Gasteiger partial charge in [0.15, 0.2) is 17.5 Å². The third-order valence-electron chi connectivity index (χ3n) is 5.15. The lowest BCUT2D eigenvalue weighted by molar-refractivity contribution is -0.136. The maximum absolute atomic E-state index is 13.4. The second kappa shape index (κ2) is 9.60. The molecule has 1 aromatic carbocycles. The summed E-state index contributed by atoms with van der Waals surface area (Å²) in [6.45, 7) is 1.83. The van der Waals surface area contributed by atoms with Crippen molar-refractivity contribution >= 4 is 17.5 Å². The van der Waals surface area contributed by atoms with E-state index in [2.05, 4.69) is 30.7 Å². The first-order valence-electron chi connectivity index (χ1n) is 10.1. The van der Waals surface area contributed by atoms with Crippen molar-refractivity contribution < 1.29 is 18.4 Å². The average molecular weight is 441 g/mol. The summed E-state index contributed by atoms with van der Waals surface area (Å²) in [6.07, 6.45) is 5.76. The number of amides is 2. The van der Waals surface area contributed by atoms with E-state index in [-0.39, 0.29) is 6.04 Å². The van der Waals surface area contributed by atoms with Crippen LogP contribution in [0.25, 0.3) is 5.82 Å². The van der Waals surface area contributed by atoms with E-state index >= 15 is 0 Å². The number of likely N-dealkylation sites (tertiary alicyclic amines) is 1. The van der Waals surface area contributed by atoms with Gasteiger partial charge in [-0.05, 0) is 42.7 Å². The quantitative estimate of drug-likeness (QED) is 0.584. The third kappa shape index (κ3) is 5.30. The number of benzene rings is 1. The van der Waals surface area contributed by atoms with Gasteiger partial charge in [-0.15, -0.1) is 4.80 Å². The largest absolute Gasteiger partial charge is 0.345 e. The zero-order valence-corrected chi connectivity index (χ0v) is 17.0. The smallest absolute Gasteiger partial charge is 0.313 e. The fourth-order valence-corrected chi connectivity index (χ4v) is 3.48. The molecule has 32 heavy (non-hydrogen) atoms. The molecule has 1 aliphatic heterocycles. The number of nitrogens with one attached hydrogen (secondary N) is 2. The van der Waals surface area contributed by atoms with Crippen molar-refractivity contribution in [1.82, 2.24) is 30.2 Å². The molecule has 0 saturated carbocycles. The lowest BCUT2D eigenvalue weighted by atomic mass is 10.0. The second-order valence-electron chi connectivity index (χ2n) is 7.45. The van der Waals surface area contributed by atoms with Crippen LogP contribution in [0.3, 0.4) is 0 Å². The highest BCUT2D eigenvalue weighted by Gasteiger charge is 2.24. The number of halogens is 2. The van der Waals surface area contributed by atoms with Crippen molar-refractivity contribution in [3.05, 3.63) is 66.1 Å². The fourth-order valence-electron chi connectivity index (χ4n) is 3.48. The van der Waals surface area contributed by atoms with Gasteiger partial charge in [-0.2, -0.15) is 10.2 Å². The maximum atomic E-state index is 13.4. The zero-order valence-electron chi connectivity index (χ0n) is 17.0. The van der Waals surface area contributed by atoms with Gasteiger partial charge in [-0.1, -0.05) is 6.07 Å². The number of nitrogens with zero attached hydrogens (tertiary/aromatic N) is 5. The Morgan fingerprint density at radius 2 is 1.75 bits per heavy atom. The predicted molar refractivity (Wildman–Crippen MR) is 111 cm³/mol. The molecule has 2 aromatic heterocycles. The predicted octanol–water partition coefficient (Wildman–Crippen LogP) is 1.66. The summed E-state index contributed by atoms with van der Waals surface area (Å²) in [5.41, 5.74) is 1.07. The molecule has 2 amide bonds. The summed E-state index contributed by atoms with van der Waals surface area (Å²) >= 11 is 0. The van der Waals surface area contributed by atoms with E-state index in [0.29, 0.717) is 49.5 Å². The summed E-state index contributed by atoms with van der Waals surface area (Å²) in [4.78, 5) is 32.0. The van der Waals surface area contributed by atoms with E-state index in [9.17, 15) is 18.4 Å². The summed E-state index contributed by atoms with van der Waals surface area (Å²) in [5.74, 6) is -2.75. The first-order valence-corrected chi connectivity index (χ1v) is 10.1. The number of piperidine rings is 1. The van der Waals surface area contributed by atoms with Crippen LogP contribution in [0.1, 0.15) is 18.4 Å². The average Bonchev–Trinajstić information content (AvgIpc) is 3.33. The lowest BCUT2D eigenvalue weighted by Crippen LogP contribution is -2.47. The van der Waals surface area contributed by atoms with E-state index in [1.54, 1.807) is 18.2 Å². The Morgan fingerprint density at radius 3 is 2.41 bits per heavy atom. The lowest BCUT2D eigenvalue weighted by Gasteiger charge is -2.32. The Labute approximate surface area is 182 Å². The van der Waals surface area contributed by atoms with Gasteiger partial charge in [0.1, 0.15) is 0 Å². The SMILES string of the molecule is O=C(Nc1ccc(-n2nccn2)nc1)C(=O)NC1CCN(Cc2ccc(F)c(F)c2)CC1. The second-order valence-corrected chi connectivity index (χ2v) is 7.45. The maximum Gasteiger partial charge on any atom is 0.313 e. The molecule has 3 heterocycles. The van der Waals surface area contributed by atoms with Crippen LogP contribution in [0.4, 0.5) is 14.5 Å². The van der Waals surface area contributed by atoms with Crippen molar-refractivity contribution in [2.24, 2.45) is 0 Å². The highest BCUT2D eigenvalue weighted by atomic mass is 19.2. The van der Waals surface area contributed by atoms with E-state index in [1.807, 2.05) is 0 Å². The number of pyridine rings is 1. The van der Waals surface area contributed by atoms with Crippen molar-refractivity contribution in [1.29, 1.82) is 0 Å². The summed E-state index contributed by atoms with van der Waals surface area (Å²) in [5, 5.41) is 13.2. The van der Waals surface area contributed by atoms with Gasteiger partial charge >= 0.3 is 11.8 Å². The molecule has 4 rings (SSSR count). The number of anilines is 1. The topological polar surface area (TPSA) is 105 Å². The standard InChI is InChI=1S/C21H21F2N7O2/c22-17-3-1-14(11-18(17)23)13-29-9-5-15(6-10-29)27-20(31)21(32)28-16-2-4-19(24-12-16)30-25-7-8-26-30/h1-4,7-8,11-12,15H,5-6,9-10,13H2,(H,27,31)(H,28,32). The van der Waals surface area contributed by atoms with E-state index < -0.39 is 23.4 Å². The fraction of sp³-hybridized carbons (Fsp3) is 0.286. The number of hydrogen-bond donors (Lipinski definition) is 2. The van der Waals surface area contributed by atoms with Crippen molar-refractivity contribution in [3.63, 3.8) is 0 Å².